The molecule has 152 valence electrons. The topological polar surface area (TPSA) is 106 Å². The van der Waals surface area contributed by atoms with E-state index in [-0.39, 0.29) is 40.5 Å². The van der Waals surface area contributed by atoms with E-state index in [4.69, 9.17) is 0 Å². The third kappa shape index (κ3) is 3.90. The van der Waals surface area contributed by atoms with Crippen LogP contribution in [0, 0.1) is 0 Å². The van der Waals surface area contributed by atoms with Gasteiger partial charge in [-0.05, 0) is 31.7 Å². The van der Waals surface area contributed by atoms with Gasteiger partial charge in [0.25, 0.3) is 11.9 Å². The average Bonchev–Trinajstić information content (AvgIpc) is 3.10. The lowest BCUT2D eigenvalue weighted by Gasteiger charge is -2.26. The Morgan fingerprint density at radius 2 is 1.83 bits per heavy atom. The van der Waals surface area contributed by atoms with Crippen LogP contribution in [-0.2, 0) is 6.18 Å². The number of fused-ring (bicyclic) bond motifs is 1. The van der Waals surface area contributed by atoms with Crippen LogP contribution in [0.3, 0.4) is 0 Å². The highest BCUT2D eigenvalue weighted by atomic mass is 19.4. The maximum absolute atomic E-state index is 13.3. The van der Waals surface area contributed by atoms with Crippen molar-refractivity contribution in [2.24, 2.45) is 0 Å². The van der Waals surface area contributed by atoms with Crippen LogP contribution in [0.25, 0.3) is 16.9 Å². The molecule has 29 heavy (non-hydrogen) atoms. The molecule has 3 aromatic heterocycles. The number of amides is 1. The van der Waals surface area contributed by atoms with Crippen LogP contribution in [0.15, 0.2) is 30.9 Å². The van der Waals surface area contributed by atoms with Gasteiger partial charge in [0, 0.05) is 30.8 Å². The first kappa shape index (κ1) is 19.2. The average molecular weight is 406 g/mol. The van der Waals surface area contributed by atoms with Crippen molar-refractivity contribution in [3.8, 4) is 5.95 Å². The predicted octanol–water partition coefficient (Wildman–Crippen LogP) is 2.26. The van der Waals surface area contributed by atoms with Gasteiger partial charge in [-0.3, -0.25) is 9.78 Å². The normalized spacial score (nSPS) is 20.0. The van der Waals surface area contributed by atoms with E-state index in [1.165, 1.54) is 24.7 Å². The van der Waals surface area contributed by atoms with Crippen molar-refractivity contribution in [3.63, 3.8) is 0 Å². The van der Waals surface area contributed by atoms with Crippen molar-refractivity contribution < 1.29 is 23.1 Å². The molecule has 1 amide bonds. The third-order valence-corrected chi connectivity index (χ3v) is 4.87. The molecule has 1 aliphatic carbocycles. The predicted molar refractivity (Wildman–Crippen MR) is 95.2 cm³/mol. The first-order valence-electron chi connectivity index (χ1n) is 9.04. The van der Waals surface area contributed by atoms with Gasteiger partial charge in [-0.25, -0.2) is 9.97 Å². The lowest BCUT2D eigenvalue weighted by Crippen LogP contribution is -2.38. The van der Waals surface area contributed by atoms with E-state index < -0.39 is 11.9 Å². The second-order valence-electron chi connectivity index (χ2n) is 6.90. The number of nitrogens with zero attached hydrogens (tertiary/aromatic N) is 5. The van der Waals surface area contributed by atoms with Crippen molar-refractivity contribution in [3.05, 3.63) is 42.1 Å². The van der Waals surface area contributed by atoms with Crippen LogP contribution in [0.5, 0.6) is 0 Å². The van der Waals surface area contributed by atoms with Crippen LogP contribution in [0.2, 0.25) is 0 Å². The zero-order valence-electron chi connectivity index (χ0n) is 15.1. The highest BCUT2D eigenvalue weighted by Gasteiger charge is 2.37. The van der Waals surface area contributed by atoms with Crippen LogP contribution in [-0.4, -0.2) is 47.9 Å². The molecule has 0 radical (unpaired) electrons. The largest absolute Gasteiger partial charge is 0.435 e. The molecule has 1 fully saturated rings. The Bertz CT molecular complexity index is 1030. The summed E-state index contributed by atoms with van der Waals surface area (Å²) in [6.07, 6.45) is 2.57. The molecule has 0 unspecified atom stereocenters. The van der Waals surface area contributed by atoms with Gasteiger partial charge < -0.3 is 10.4 Å². The van der Waals surface area contributed by atoms with Crippen LogP contribution < -0.4 is 5.32 Å². The minimum Gasteiger partial charge on any atom is -0.393 e. The fraction of sp³-hybridized carbons (Fsp3) is 0.389. The molecule has 0 atom stereocenters. The standard InChI is InChI=1S/C18H17F3N6O2/c19-18(20,21)15-13-9-22-6-5-14(13)27(26-15)17-23-7-10(8-24-17)16(29)25-11-1-3-12(28)4-2-11/h5-9,11-12,28H,1-4H2,(H,25,29). The van der Waals surface area contributed by atoms with Gasteiger partial charge in [-0.1, -0.05) is 0 Å². The lowest BCUT2D eigenvalue weighted by atomic mass is 9.93. The number of nitrogens with one attached hydrogen (secondary N) is 1. The molecule has 0 saturated heterocycles. The Hall–Kier alpha value is -3.08. The molecule has 4 rings (SSSR count). The first-order valence-corrected chi connectivity index (χ1v) is 9.04. The Morgan fingerprint density at radius 1 is 1.14 bits per heavy atom. The highest BCUT2D eigenvalue weighted by Crippen LogP contribution is 2.34. The van der Waals surface area contributed by atoms with Gasteiger partial charge in [0.05, 0.1) is 22.6 Å². The Balaban J connectivity index is 1.58. The van der Waals surface area contributed by atoms with Gasteiger partial charge in [0.1, 0.15) is 0 Å². The molecular weight excluding hydrogens is 389 g/mol. The Morgan fingerprint density at radius 3 is 2.48 bits per heavy atom. The summed E-state index contributed by atoms with van der Waals surface area (Å²) in [6.45, 7) is 0. The molecular formula is C18H17F3N6O2. The molecule has 1 saturated carbocycles. The van der Waals surface area contributed by atoms with E-state index in [0.717, 1.165) is 10.9 Å². The van der Waals surface area contributed by atoms with Gasteiger partial charge in [0.2, 0.25) is 0 Å². The summed E-state index contributed by atoms with van der Waals surface area (Å²) in [7, 11) is 0. The number of carbonyl (C=O) groups excluding carboxylic acids is 1. The van der Waals surface area contributed by atoms with Gasteiger partial charge in [-0.15, -0.1) is 0 Å². The molecule has 11 heteroatoms. The third-order valence-electron chi connectivity index (χ3n) is 4.87. The Kier molecular flexibility index (Phi) is 4.91. The van der Waals surface area contributed by atoms with Crippen LogP contribution in [0.1, 0.15) is 41.7 Å². The fourth-order valence-corrected chi connectivity index (χ4v) is 3.36. The first-order chi connectivity index (χ1) is 13.8. The second-order valence-corrected chi connectivity index (χ2v) is 6.90. The number of pyridine rings is 1. The molecule has 0 bridgehead atoms. The quantitative estimate of drug-likeness (QED) is 0.691. The summed E-state index contributed by atoms with van der Waals surface area (Å²) in [5.41, 5.74) is -0.732. The molecule has 3 aromatic rings. The van der Waals surface area contributed by atoms with E-state index in [9.17, 15) is 23.1 Å². The number of halogens is 3. The molecule has 0 aromatic carbocycles. The van der Waals surface area contributed by atoms with Crippen molar-refractivity contribution in [1.82, 2.24) is 30.0 Å². The maximum atomic E-state index is 13.3. The van der Waals surface area contributed by atoms with Crippen molar-refractivity contribution >= 4 is 16.8 Å². The number of aliphatic hydroxyl groups excluding tert-OH is 1. The SMILES string of the molecule is O=C(NC1CCC(O)CC1)c1cnc(-n2nc(C(F)(F)F)c3cnccc32)nc1. The zero-order valence-corrected chi connectivity index (χ0v) is 15.1. The van der Waals surface area contributed by atoms with Crippen LogP contribution >= 0.6 is 0 Å². The van der Waals surface area contributed by atoms with E-state index in [2.05, 4.69) is 25.4 Å². The number of carbonyl (C=O) groups is 1. The fourth-order valence-electron chi connectivity index (χ4n) is 3.36. The number of alkyl halides is 3. The van der Waals surface area contributed by atoms with Gasteiger partial charge >= 0.3 is 6.18 Å². The number of rotatable bonds is 3. The second kappa shape index (κ2) is 7.39. The smallest absolute Gasteiger partial charge is 0.393 e. The Labute approximate surface area is 162 Å². The lowest BCUT2D eigenvalue weighted by molar-refractivity contribution is -0.140. The summed E-state index contributed by atoms with van der Waals surface area (Å²) < 4.78 is 40.7. The summed E-state index contributed by atoms with van der Waals surface area (Å²) in [6, 6.07) is 1.35. The van der Waals surface area contributed by atoms with E-state index in [0.29, 0.717) is 25.7 Å². The summed E-state index contributed by atoms with van der Waals surface area (Å²) in [5, 5.41) is 15.8. The maximum Gasteiger partial charge on any atom is 0.435 e. The van der Waals surface area contributed by atoms with Gasteiger partial charge in [0.15, 0.2) is 5.69 Å². The summed E-state index contributed by atoms with van der Waals surface area (Å²) in [4.78, 5) is 24.1. The van der Waals surface area contributed by atoms with Crippen molar-refractivity contribution in [2.45, 2.75) is 44.0 Å². The van der Waals surface area contributed by atoms with Crippen molar-refractivity contribution in [2.75, 3.05) is 0 Å². The van der Waals surface area contributed by atoms with E-state index in [1.807, 2.05) is 0 Å². The van der Waals surface area contributed by atoms with Gasteiger partial charge in [-0.2, -0.15) is 23.0 Å². The monoisotopic (exact) mass is 406 g/mol. The molecule has 2 N–H and O–H groups in total. The molecule has 3 heterocycles. The van der Waals surface area contributed by atoms with E-state index in [1.54, 1.807) is 0 Å². The zero-order chi connectivity index (χ0) is 20.6. The number of hydrogen-bond acceptors (Lipinski definition) is 6. The molecule has 1 aliphatic rings. The van der Waals surface area contributed by atoms with Crippen LogP contribution in [0.4, 0.5) is 13.2 Å². The number of aromatic nitrogens is 5. The van der Waals surface area contributed by atoms with Crippen molar-refractivity contribution in [1.29, 1.82) is 0 Å². The molecule has 0 spiro atoms. The summed E-state index contributed by atoms with van der Waals surface area (Å²) >= 11 is 0. The summed E-state index contributed by atoms with van der Waals surface area (Å²) in [5.74, 6) is -0.461. The minimum absolute atomic E-state index is 0.0394. The number of hydrogen-bond donors (Lipinski definition) is 2. The minimum atomic E-state index is -4.65. The highest BCUT2D eigenvalue weighted by molar-refractivity contribution is 5.93. The molecule has 8 nitrogen and oxygen atoms in total. The van der Waals surface area contributed by atoms with E-state index >= 15 is 0 Å². The number of aliphatic hydroxyl groups is 1. The molecule has 0 aliphatic heterocycles.